The van der Waals surface area contributed by atoms with Crippen molar-refractivity contribution >= 4 is 29.3 Å². The molecule has 0 aliphatic carbocycles. The molecule has 3 amide bonds. The van der Waals surface area contributed by atoms with Gasteiger partial charge in [0.1, 0.15) is 12.6 Å². The van der Waals surface area contributed by atoms with E-state index in [-0.39, 0.29) is 24.8 Å². The Kier molecular flexibility index (Phi) is 8.40. The van der Waals surface area contributed by atoms with Gasteiger partial charge in [0.05, 0.1) is 12.1 Å². The SMILES string of the molecule is CCC(C(N)=O)N1C(=O)C=C(OCCN2CCN(C(c3ccccc3)c3ccc(Cl)cc3)CC2)C1=O. The van der Waals surface area contributed by atoms with E-state index >= 15 is 0 Å². The van der Waals surface area contributed by atoms with Crippen molar-refractivity contribution in [3.8, 4) is 0 Å². The third-order valence-electron chi connectivity index (χ3n) is 6.69. The Labute approximate surface area is 216 Å². The van der Waals surface area contributed by atoms with Crippen LogP contribution >= 0.6 is 11.6 Å². The lowest BCUT2D eigenvalue weighted by molar-refractivity contribution is -0.146. The number of hydrogen-bond donors (Lipinski definition) is 1. The number of imide groups is 1. The number of nitrogens with zero attached hydrogens (tertiary/aromatic N) is 3. The maximum Gasteiger partial charge on any atom is 0.296 e. The van der Waals surface area contributed by atoms with E-state index in [0.29, 0.717) is 6.54 Å². The molecule has 2 N–H and O–H groups in total. The Morgan fingerprint density at radius 1 is 1.00 bits per heavy atom. The van der Waals surface area contributed by atoms with Gasteiger partial charge in [0, 0.05) is 37.7 Å². The fraction of sp³-hybridized carbons (Fsp3) is 0.370. The average molecular weight is 511 g/mol. The highest BCUT2D eigenvalue weighted by Crippen LogP contribution is 2.30. The Bertz CT molecular complexity index is 1110. The Hall–Kier alpha value is -3.20. The number of hydrogen-bond acceptors (Lipinski definition) is 6. The number of benzene rings is 2. The van der Waals surface area contributed by atoms with Crippen LogP contribution in [-0.2, 0) is 19.1 Å². The molecule has 36 heavy (non-hydrogen) atoms. The highest BCUT2D eigenvalue weighted by Gasteiger charge is 2.39. The lowest BCUT2D eigenvalue weighted by atomic mass is 9.96. The van der Waals surface area contributed by atoms with Crippen LogP contribution in [0.5, 0.6) is 0 Å². The maximum absolute atomic E-state index is 12.6. The predicted octanol–water partition coefficient (Wildman–Crippen LogP) is 2.58. The molecule has 0 radical (unpaired) electrons. The lowest BCUT2D eigenvalue weighted by Crippen LogP contribution is -2.49. The second kappa shape index (κ2) is 11.7. The Balaban J connectivity index is 1.32. The van der Waals surface area contributed by atoms with Crippen molar-refractivity contribution < 1.29 is 19.1 Å². The topological polar surface area (TPSA) is 96.2 Å². The number of ether oxygens (including phenoxy) is 1. The molecule has 2 aliphatic rings. The standard InChI is InChI=1S/C27H31ClN4O4/c1-2-22(26(29)34)32-24(33)18-23(27(32)35)36-17-16-30-12-14-31(15-13-30)25(19-6-4-3-5-7-19)20-8-10-21(28)11-9-20/h3-11,18,22,25H,2,12-17H2,1H3,(H2,29,34). The summed E-state index contributed by atoms with van der Waals surface area (Å²) in [7, 11) is 0. The molecular formula is C27H31ClN4O4. The minimum atomic E-state index is -0.964. The summed E-state index contributed by atoms with van der Waals surface area (Å²) in [5.41, 5.74) is 7.78. The van der Waals surface area contributed by atoms with Crippen LogP contribution in [0.3, 0.4) is 0 Å². The van der Waals surface area contributed by atoms with Crippen LogP contribution < -0.4 is 5.73 Å². The fourth-order valence-electron chi connectivity index (χ4n) is 4.80. The summed E-state index contributed by atoms with van der Waals surface area (Å²) in [6.07, 6.45) is 1.40. The zero-order valence-electron chi connectivity index (χ0n) is 20.3. The summed E-state index contributed by atoms with van der Waals surface area (Å²) in [5.74, 6) is -1.92. The number of nitrogens with two attached hydrogens (primary N) is 1. The van der Waals surface area contributed by atoms with Gasteiger partial charge in [-0.25, -0.2) is 0 Å². The molecule has 0 aromatic heterocycles. The van der Waals surface area contributed by atoms with Gasteiger partial charge in [0.15, 0.2) is 5.76 Å². The number of piperazine rings is 1. The largest absolute Gasteiger partial charge is 0.486 e. The van der Waals surface area contributed by atoms with E-state index in [0.717, 1.165) is 42.2 Å². The zero-order valence-corrected chi connectivity index (χ0v) is 21.1. The Morgan fingerprint density at radius 3 is 2.25 bits per heavy atom. The average Bonchev–Trinajstić information content (AvgIpc) is 3.15. The zero-order chi connectivity index (χ0) is 25.7. The van der Waals surface area contributed by atoms with Gasteiger partial charge in [-0.1, -0.05) is 61.0 Å². The summed E-state index contributed by atoms with van der Waals surface area (Å²) < 4.78 is 5.65. The molecule has 2 aromatic rings. The number of amides is 3. The normalized spacial score (nSPS) is 18.7. The van der Waals surface area contributed by atoms with E-state index in [4.69, 9.17) is 22.1 Å². The Morgan fingerprint density at radius 2 is 1.64 bits per heavy atom. The number of carbonyl (C=O) groups is 3. The molecule has 2 aliphatic heterocycles. The molecule has 190 valence electrons. The number of carbonyl (C=O) groups excluding carboxylic acids is 3. The lowest BCUT2D eigenvalue weighted by Gasteiger charge is -2.39. The first-order valence-corrected chi connectivity index (χ1v) is 12.5. The van der Waals surface area contributed by atoms with Gasteiger partial charge in [-0.15, -0.1) is 0 Å². The molecule has 2 heterocycles. The van der Waals surface area contributed by atoms with Crippen molar-refractivity contribution in [2.75, 3.05) is 39.3 Å². The maximum atomic E-state index is 12.6. The molecule has 0 bridgehead atoms. The summed E-state index contributed by atoms with van der Waals surface area (Å²) in [6.45, 7) is 6.02. The monoisotopic (exact) mass is 510 g/mol. The minimum Gasteiger partial charge on any atom is -0.486 e. The quantitative estimate of drug-likeness (QED) is 0.493. The number of rotatable bonds is 10. The van der Waals surface area contributed by atoms with Crippen molar-refractivity contribution in [2.45, 2.75) is 25.4 Å². The summed E-state index contributed by atoms with van der Waals surface area (Å²) in [5, 5.41) is 0.718. The third-order valence-corrected chi connectivity index (χ3v) is 6.94. The van der Waals surface area contributed by atoms with E-state index in [1.165, 1.54) is 11.1 Å². The highest BCUT2D eigenvalue weighted by molar-refractivity contribution is 6.30. The molecule has 1 fully saturated rings. The van der Waals surface area contributed by atoms with Gasteiger partial charge < -0.3 is 10.5 Å². The van der Waals surface area contributed by atoms with Gasteiger partial charge in [-0.05, 0) is 29.7 Å². The highest BCUT2D eigenvalue weighted by atomic mass is 35.5. The predicted molar refractivity (Wildman–Crippen MR) is 137 cm³/mol. The van der Waals surface area contributed by atoms with E-state index in [2.05, 4.69) is 46.2 Å². The van der Waals surface area contributed by atoms with Crippen molar-refractivity contribution in [2.24, 2.45) is 5.73 Å². The van der Waals surface area contributed by atoms with Gasteiger partial charge >= 0.3 is 0 Å². The van der Waals surface area contributed by atoms with Crippen LogP contribution in [0, 0.1) is 0 Å². The van der Waals surface area contributed by atoms with Crippen LogP contribution in [0.1, 0.15) is 30.5 Å². The van der Waals surface area contributed by atoms with Crippen LogP contribution in [0.4, 0.5) is 0 Å². The second-order valence-electron chi connectivity index (χ2n) is 8.94. The van der Waals surface area contributed by atoms with Crippen LogP contribution in [0.2, 0.25) is 5.02 Å². The first-order chi connectivity index (χ1) is 17.4. The first kappa shape index (κ1) is 25.9. The summed E-state index contributed by atoms with van der Waals surface area (Å²) >= 11 is 6.13. The van der Waals surface area contributed by atoms with Crippen molar-refractivity contribution in [1.29, 1.82) is 0 Å². The molecule has 2 unspecified atom stereocenters. The molecule has 1 saturated heterocycles. The van der Waals surface area contributed by atoms with Gasteiger partial charge in [0.25, 0.3) is 11.8 Å². The van der Waals surface area contributed by atoms with E-state index in [1.54, 1.807) is 6.92 Å². The molecule has 0 saturated carbocycles. The third kappa shape index (κ3) is 5.78. The van der Waals surface area contributed by atoms with Gasteiger partial charge in [0.2, 0.25) is 5.91 Å². The van der Waals surface area contributed by atoms with Crippen molar-refractivity contribution in [1.82, 2.24) is 14.7 Å². The van der Waals surface area contributed by atoms with Gasteiger partial charge in [-0.2, -0.15) is 0 Å². The molecule has 0 spiro atoms. The first-order valence-electron chi connectivity index (χ1n) is 12.2. The molecule has 4 rings (SSSR count). The summed E-state index contributed by atoms with van der Waals surface area (Å²) in [4.78, 5) is 42.0. The minimum absolute atomic E-state index is 0.0368. The molecule has 2 aromatic carbocycles. The number of primary amides is 1. The van der Waals surface area contributed by atoms with Crippen LogP contribution in [-0.4, -0.2) is 77.8 Å². The smallest absolute Gasteiger partial charge is 0.296 e. The number of halogens is 1. The van der Waals surface area contributed by atoms with E-state index < -0.39 is 23.8 Å². The molecule has 8 nitrogen and oxygen atoms in total. The van der Waals surface area contributed by atoms with Gasteiger partial charge in [-0.3, -0.25) is 29.1 Å². The van der Waals surface area contributed by atoms with E-state index in [9.17, 15) is 14.4 Å². The van der Waals surface area contributed by atoms with Crippen molar-refractivity contribution in [3.63, 3.8) is 0 Å². The van der Waals surface area contributed by atoms with Crippen LogP contribution in [0.25, 0.3) is 0 Å². The second-order valence-corrected chi connectivity index (χ2v) is 9.38. The van der Waals surface area contributed by atoms with Crippen LogP contribution in [0.15, 0.2) is 66.4 Å². The summed E-state index contributed by atoms with van der Waals surface area (Å²) in [6, 6.07) is 17.6. The molecular weight excluding hydrogens is 480 g/mol. The molecule has 9 heteroatoms. The van der Waals surface area contributed by atoms with E-state index in [1.807, 2.05) is 18.2 Å². The van der Waals surface area contributed by atoms with Crippen molar-refractivity contribution in [3.05, 3.63) is 82.6 Å². The molecule has 2 atom stereocenters. The fourth-order valence-corrected chi connectivity index (χ4v) is 4.92.